The molecule has 14 nitrogen and oxygen atoms in total. The van der Waals surface area contributed by atoms with Crippen molar-refractivity contribution >= 4 is 12.3 Å². The third-order valence-corrected chi connectivity index (χ3v) is 14.2. The third-order valence-electron chi connectivity index (χ3n) is 14.2. The summed E-state index contributed by atoms with van der Waals surface area (Å²) in [5, 5.41) is 65.6. The minimum absolute atomic E-state index is 0.0251. The number of esters is 1. The fourth-order valence-corrected chi connectivity index (χ4v) is 11.5. The summed E-state index contributed by atoms with van der Waals surface area (Å²) in [6, 6.07) is 0. The standard InChI is InChI=1S/C36H54O14/c1-18-12-24(49-31-29(42)28(41)27(40)25(15-37)50-31)30(45-3)32(47-18)48-20-4-9-34(17-38)22-5-8-33(2)21(19-13-26(39)46-16-19)7-11-36(33,44)23(22)6-10-35(34,43)14-20/h13,17-18,20-25,27-32,37,40-44H,4-12,14-16H2,1-3H3/t18-,20+,21-,22+,23-,24+,25-,27-,28+,29-,30-,31-,32+,33-,34+,35+,36+/m1/s1. The Morgan fingerprint density at radius 3 is 2.38 bits per heavy atom. The minimum atomic E-state index is -1.59. The monoisotopic (exact) mass is 710 g/mol. The van der Waals surface area contributed by atoms with Crippen LogP contribution in [0.5, 0.6) is 0 Å². The normalized spacial score (nSPS) is 53.5. The number of carbonyl (C=O) groups excluding carboxylic acids is 2. The number of hydrogen-bond acceptors (Lipinski definition) is 14. The van der Waals surface area contributed by atoms with Crippen molar-refractivity contribution in [3.05, 3.63) is 11.6 Å². The maximum atomic E-state index is 13.3. The van der Waals surface area contributed by atoms with Crippen molar-refractivity contribution in [3.8, 4) is 0 Å². The van der Waals surface area contributed by atoms with Crippen LogP contribution >= 0.6 is 0 Å². The average molecular weight is 711 g/mol. The molecule has 4 saturated carbocycles. The van der Waals surface area contributed by atoms with E-state index >= 15 is 0 Å². The van der Waals surface area contributed by atoms with E-state index in [9.17, 15) is 40.2 Å². The molecule has 3 aliphatic heterocycles. The fraction of sp³-hybridized carbons (Fsp3) is 0.889. The molecule has 0 unspecified atom stereocenters. The molecule has 0 aromatic rings. The second kappa shape index (κ2) is 13.4. The molecule has 3 heterocycles. The van der Waals surface area contributed by atoms with E-state index in [-0.39, 0.29) is 42.9 Å². The minimum Gasteiger partial charge on any atom is -0.458 e. The van der Waals surface area contributed by atoms with Gasteiger partial charge in [0.05, 0.1) is 41.5 Å². The Bertz CT molecular complexity index is 1330. The van der Waals surface area contributed by atoms with Crippen molar-refractivity contribution in [1.29, 1.82) is 0 Å². The molecule has 50 heavy (non-hydrogen) atoms. The Morgan fingerprint density at radius 1 is 0.940 bits per heavy atom. The van der Waals surface area contributed by atoms with E-state index in [4.69, 9.17) is 28.4 Å². The number of carbonyl (C=O) groups is 2. The van der Waals surface area contributed by atoms with E-state index in [0.29, 0.717) is 51.4 Å². The van der Waals surface area contributed by atoms with E-state index in [0.717, 1.165) is 18.3 Å². The van der Waals surface area contributed by atoms with Gasteiger partial charge in [0.25, 0.3) is 0 Å². The summed E-state index contributed by atoms with van der Waals surface area (Å²) < 4.78 is 35.4. The molecular formula is C36H54O14. The molecule has 0 aromatic heterocycles. The van der Waals surface area contributed by atoms with Gasteiger partial charge in [-0.15, -0.1) is 0 Å². The highest BCUT2D eigenvalue weighted by Gasteiger charge is 2.71. The number of aliphatic hydroxyl groups excluding tert-OH is 4. The van der Waals surface area contributed by atoms with Gasteiger partial charge in [0.15, 0.2) is 12.6 Å². The molecule has 0 aromatic carbocycles. The van der Waals surface area contributed by atoms with Crippen LogP contribution in [0.2, 0.25) is 0 Å². The summed E-state index contributed by atoms with van der Waals surface area (Å²) in [4.78, 5) is 25.2. The highest BCUT2D eigenvalue weighted by atomic mass is 16.7. The largest absolute Gasteiger partial charge is 0.458 e. The van der Waals surface area contributed by atoms with Gasteiger partial charge < -0.3 is 63.9 Å². The highest BCUT2D eigenvalue weighted by Crippen LogP contribution is 2.70. The quantitative estimate of drug-likeness (QED) is 0.113. The summed E-state index contributed by atoms with van der Waals surface area (Å²) in [5.41, 5.74) is -2.97. The molecule has 282 valence electrons. The number of fused-ring (bicyclic) bond motifs is 5. The molecule has 2 saturated heterocycles. The van der Waals surface area contributed by atoms with Crippen molar-refractivity contribution in [3.63, 3.8) is 0 Å². The smallest absolute Gasteiger partial charge is 0.331 e. The Labute approximate surface area is 292 Å². The van der Waals surface area contributed by atoms with Gasteiger partial charge in [0.2, 0.25) is 0 Å². The SMILES string of the molecule is CO[C@H]1[C@H](O[C@H]2CC[C@]3(C=O)[C@H]4CC[C@]5(C)[C@@H](C6=CC(=O)OC6)CC[C@]5(O)[C@@H]4CC[C@]3(O)C2)O[C@H](C)C[C@@H]1O[C@@H]1O[C@H](CO)[C@@H](O)[C@H](O)[C@H]1O. The summed E-state index contributed by atoms with van der Waals surface area (Å²) in [7, 11) is 1.47. The van der Waals surface area contributed by atoms with E-state index < -0.39 is 83.9 Å². The molecular weight excluding hydrogens is 656 g/mol. The first-order valence-electron chi connectivity index (χ1n) is 18.3. The second-order valence-electron chi connectivity index (χ2n) is 16.4. The van der Waals surface area contributed by atoms with Crippen LogP contribution in [0.1, 0.15) is 78.1 Å². The molecule has 17 atom stereocenters. The van der Waals surface area contributed by atoms with Crippen LogP contribution in [-0.2, 0) is 38.0 Å². The summed E-state index contributed by atoms with van der Waals surface area (Å²) in [6.45, 7) is 3.63. The first kappa shape index (κ1) is 36.8. The number of aldehydes is 1. The lowest BCUT2D eigenvalue weighted by molar-refractivity contribution is -0.349. The Kier molecular flexibility index (Phi) is 9.84. The van der Waals surface area contributed by atoms with Gasteiger partial charge in [-0.1, -0.05) is 6.92 Å². The maximum absolute atomic E-state index is 13.3. The van der Waals surface area contributed by atoms with Crippen LogP contribution in [0.4, 0.5) is 0 Å². The molecule has 4 aliphatic carbocycles. The lowest BCUT2D eigenvalue weighted by atomic mass is 9.41. The van der Waals surface area contributed by atoms with E-state index in [1.54, 1.807) is 6.08 Å². The topological polar surface area (TPSA) is 211 Å². The Morgan fingerprint density at radius 2 is 1.70 bits per heavy atom. The van der Waals surface area contributed by atoms with E-state index in [2.05, 4.69) is 6.92 Å². The zero-order chi connectivity index (χ0) is 35.8. The maximum Gasteiger partial charge on any atom is 0.331 e. The van der Waals surface area contributed by atoms with Gasteiger partial charge in [-0.05, 0) is 81.6 Å². The molecule has 0 radical (unpaired) electrons. The van der Waals surface area contributed by atoms with Crippen molar-refractivity contribution in [2.45, 2.75) is 151 Å². The molecule has 14 heteroatoms. The van der Waals surface area contributed by atoms with Crippen LogP contribution in [0.3, 0.4) is 0 Å². The van der Waals surface area contributed by atoms with Crippen molar-refractivity contribution in [2.75, 3.05) is 20.3 Å². The molecule has 6 fully saturated rings. The first-order valence-corrected chi connectivity index (χ1v) is 18.3. The van der Waals surface area contributed by atoms with E-state index in [1.807, 2.05) is 6.92 Å². The van der Waals surface area contributed by atoms with Crippen LogP contribution in [0.25, 0.3) is 0 Å². The summed E-state index contributed by atoms with van der Waals surface area (Å²) >= 11 is 0. The summed E-state index contributed by atoms with van der Waals surface area (Å²) in [6.07, 6.45) is -2.98. The summed E-state index contributed by atoms with van der Waals surface area (Å²) in [5.74, 6) is -0.692. The predicted molar refractivity (Wildman–Crippen MR) is 171 cm³/mol. The number of ether oxygens (including phenoxy) is 6. The van der Waals surface area contributed by atoms with Crippen LogP contribution < -0.4 is 0 Å². The van der Waals surface area contributed by atoms with Gasteiger partial charge in [0.1, 0.15) is 43.4 Å². The molecule has 0 spiro atoms. The first-order chi connectivity index (χ1) is 23.7. The molecule has 0 amide bonds. The molecule has 7 rings (SSSR count). The lowest BCUT2D eigenvalue weighted by Crippen LogP contribution is -2.69. The zero-order valence-electron chi connectivity index (χ0n) is 29.1. The van der Waals surface area contributed by atoms with Gasteiger partial charge in [-0.2, -0.15) is 0 Å². The van der Waals surface area contributed by atoms with Crippen LogP contribution in [0, 0.1) is 28.6 Å². The lowest BCUT2D eigenvalue weighted by Gasteiger charge is -2.65. The number of methoxy groups -OCH3 is 1. The third kappa shape index (κ3) is 5.55. The van der Waals surface area contributed by atoms with Crippen molar-refractivity contribution in [1.82, 2.24) is 0 Å². The number of rotatable bonds is 8. The zero-order valence-corrected chi connectivity index (χ0v) is 29.1. The van der Waals surface area contributed by atoms with Gasteiger partial charge in [0, 0.05) is 31.4 Å². The highest BCUT2D eigenvalue weighted by molar-refractivity contribution is 5.85. The van der Waals surface area contributed by atoms with E-state index in [1.165, 1.54) is 7.11 Å². The second-order valence-corrected chi connectivity index (χ2v) is 16.4. The Balaban J connectivity index is 1.05. The van der Waals surface area contributed by atoms with Gasteiger partial charge in [-0.3, -0.25) is 0 Å². The number of hydrogen-bond donors (Lipinski definition) is 6. The van der Waals surface area contributed by atoms with Crippen LogP contribution in [0.15, 0.2) is 11.6 Å². The molecule has 0 bridgehead atoms. The number of cyclic esters (lactones) is 1. The molecule has 7 aliphatic rings. The van der Waals surface area contributed by atoms with Crippen molar-refractivity contribution < 1.29 is 68.6 Å². The molecule has 6 N–H and O–H groups in total. The van der Waals surface area contributed by atoms with Crippen LogP contribution in [-0.4, -0.2) is 136 Å². The Hall–Kier alpha value is -1.56. The van der Waals surface area contributed by atoms with Gasteiger partial charge in [-0.25, -0.2) is 4.79 Å². The van der Waals surface area contributed by atoms with Gasteiger partial charge >= 0.3 is 5.97 Å². The van der Waals surface area contributed by atoms with Crippen molar-refractivity contribution in [2.24, 2.45) is 28.6 Å². The fourth-order valence-electron chi connectivity index (χ4n) is 11.5. The average Bonchev–Trinajstić information content (AvgIpc) is 3.63. The predicted octanol–water partition coefficient (Wildman–Crippen LogP) is 0.258. The number of aliphatic hydroxyl groups is 6.